The number of hydrogen-bond acceptors (Lipinski definition) is 5. The number of Topliss-reactive ketones (excluding diaryl/α,β-unsaturated/α-hetero) is 1. The van der Waals surface area contributed by atoms with Gasteiger partial charge in [0.25, 0.3) is 0 Å². The molecule has 0 heterocycles. The van der Waals surface area contributed by atoms with Gasteiger partial charge in [0.15, 0.2) is 0 Å². The van der Waals surface area contributed by atoms with Crippen molar-refractivity contribution in [2.75, 3.05) is 0 Å². The molecule has 0 aliphatic rings. The summed E-state index contributed by atoms with van der Waals surface area (Å²) < 4.78 is 0. The molecule has 0 rings (SSSR count). The minimum atomic E-state index is -1.28. The number of carbonyl (C=O) groups is 2. The number of aliphatic carboxylic acids is 1. The quantitative estimate of drug-likeness (QED) is 0.489. The zero-order chi connectivity index (χ0) is 14.4. The molecular formula is C12H23O5Ti. The Morgan fingerprint density at radius 3 is 1.44 bits per heavy atom. The van der Waals surface area contributed by atoms with Gasteiger partial charge in [-0.3, -0.25) is 4.79 Å². The van der Waals surface area contributed by atoms with Crippen molar-refractivity contribution in [3.8, 4) is 0 Å². The summed E-state index contributed by atoms with van der Waals surface area (Å²) in [5.74, 6) is -1.54. The molecule has 0 aliphatic carbocycles. The van der Waals surface area contributed by atoms with E-state index in [9.17, 15) is 24.9 Å². The number of rotatable bonds is 4. The summed E-state index contributed by atoms with van der Waals surface area (Å²) in [7, 11) is 0. The zero-order valence-corrected chi connectivity index (χ0v) is 13.4. The second kappa shape index (κ2) is 19.1. The van der Waals surface area contributed by atoms with Crippen LogP contribution in [0, 0.1) is 0 Å². The number of carboxylic acids is 1. The molecule has 0 aromatic rings. The summed E-state index contributed by atoms with van der Waals surface area (Å²) in [5.41, 5.74) is 0. The Bertz CT molecular complexity index is 181. The molecule has 0 saturated carbocycles. The van der Waals surface area contributed by atoms with E-state index in [0.29, 0.717) is 12.8 Å². The average molecular weight is 295 g/mol. The van der Waals surface area contributed by atoms with Gasteiger partial charge in [-0.2, -0.15) is 0 Å². The first-order chi connectivity index (χ1) is 7.63. The van der Waals surface area contributed by atoms with Crippen LogP contribution in [-0.4, -0.2) is 24.0 Å². The van der Waals surface area contributed by atoms with Crippen LogP contribution in [0.25, 0.3) is 0 Å². The van der Waals surface area contributed by atoms with Gasteiger partial charge in [0.05, 0.1) is 0 Å². The molecule has 0 spiro atoms. The molecule has 0 fully saturated rings. The molecule has 0 aromatic heterocycles. The monoisotopic (exact) mass is 295 g/mol. The van der Waals surface area contributed by atoms with E-state index in [1.807, 2.05) is 6.92 Å². The fourth-order valence-corrected chi connectivity index (χ4v) is 0.528. The number of hydrogen-bond donors (Lipinski definition) is 0. The molecule has 105 valence electrons. The van der Waals surface area contributed by atoms with E-state index in [2.05, 4.69) is 0 Å². The molecule has 0 atom stereocenters. The predicted molar refractivity (Wildman–Crippen MR) is 59.8 cm³/mol. The van der Waals surface area contributed by atoms with Crippen LogP contribution in [0.5, 0.6) is 0 Å². The summed E-state index contributed by atoms with van der Waals surface area (Å²) in [6.07, 6.45) is -0.228. The van der Waals surface area contributed by atoms with Crippen molar-refractivity contribution >= 4 is 11.8 Å². The minimum Gasteiger partial charge on any atom is -0.852 e. The van der Waals surface area contributed by atoms with Crippen molar-refractivity contribution in [3.63, 3.8) is 0 Å². The summed E-state index contributed by atoms with van der Waals surface area (Å²) in [6, 6.07) is 0. The second-order valence-corrected chi connectivity index (χ2v) is 3.93. The van der Waals surface area contributed by atoms with Gasteiger partial charge < -0.3 is 20.1 Å². The second-order valence-electron chi connectivity index (χ2n) is 3.93. The first-order valence-corrected chi connectivity index (χ1v) is 5.66. The molecule has 0 aliphatic heterocycles. The van der Waals surface area contributed by atoms with Crippen molar-refractivity contribution in [2.24, 2.45) is 0 Å². The fourth-order valence-electron chi connectivity index (χ4n) is 0.528. The van der Waals surface area contributed by atoms with Gasteiger partial charge in [-0.05, 0) is 6.42 Å². The van der Waals surface area contributed by atoms with Gasteiger partial charge in [-0.15, -0.1) is 12.2 Å². The first-order valence-electron chi connectivity index (χ1n) is 5.66. The zero-order valence-electron chi connectivity index (χ0n) is 11.8. The third kappa shape index (κ3) is 75.0. The molecule has 0 bridgehead atoms. The van der Waals surface area contributed by atoms with Crippen LogP contribution >= 0.6 is 0 Å². The SMILES string of the molecule is CC(C)[O-].CC(C)[O-].CCCC(=O)CC(=O)[O-].[Ti+3]. The number of ketones is 1. The average Bonchev–Trinajstić information content (AvgIpc) is 1.99. The maximum Gasteiger partial charge on any atom is 3.00 e. The molecule has 0 unspecified atom stereocenters. The van der Waals surface area contributed by atoms with Gasteiger partial charge >= 0.3 is 21.7 Å². The van der Waals surface area contributed by atoms with E-state index in [4.69, 9.17) is 0 Å². The first kappa shape index (κ1) is 26.4. The third-order valence-electron chi connectivity index (χ3n) is 0.870. The Morgan fingerprint density at radius 1 is 1.00 bits per heavy atom. The van der Waals surface area contributed by atoms with Crippen molar-refractivity contribution in [3.05, 3.63) is 0 Å². The van der Waals surface area contributed by atoms with Crippen molar-refractivity contribution < 1.29 is 46.6 Å². The Labute approximate surface area is 124 Å². The Kier molecular flexibility index (Phi) is 28.0. The Morgan fingerprint density at radius 2 is 1.28 bits per heavy atom. The number of carboxylic acid groups (broad SMARTS) is 1. The van der Waals surface area contributed by atoms with Crippen LogP contribution in [0.15, 0.2) is 0 Å². The minimum absolute atomic E-state index is 0. The van der Waals surface area contributed by atoms with Crippen LogP contribution < -0.4 is 15.3 Å². The van der Waals surface area contributed by atoms with Crippen molar-refractivity contribution in [2.45, 2.75) is 66.1 Å². The normalized spacial score (nSPS) is 8.50. The standard InChI is InChI=1S/C6H10O3.2C3H7O.Ti/c1-2-3-5(7)4-6(8)9;2*1-3(2)4;/h2-4H2,1H3,(H,8,9);2*3H,1-2H3;/q;2*-1;+3/p-1. The largest absolute Gasteiger partial charge is 3.00 e. The van der Waals surface area contributed by atoms with E-state index in [-0.39, 0.29) is 27.5 Å². The van der Waals surface area contributed by atoms with Crippen LogP contribution in [0.1, 0.15) is 53.9 Å². The molecule has 5 nitrogen and oxygen atoms in total. The molecule has 6 heteroatoms. The van der Waals surface area contributed by atoms with Gasteiger partial charge in [0, 0.05) is 18.8 Å². The summed E-state index contributed by atoms with van der Waals surface area (Å²) in [6.45, 7) is 8.27. The molecule has 1 radical (unpaired) electrons. The third-order valence-corrected chi connectivity index (χ3v) is 0.870. The maximum atomic E-state index is 10.4. The smallest absolute Gasteiger partial charge is 0.852 e. The van der Waals surface area contributed by atoms with E-state index in [1.54, 1.807) is 27.7 Å². The van der Waals surface area contributed by atoms with Gasteiger partial charge in [0.2, 0.25) is 0 Å². The van der Waals surface area contributed by atoms with E-state index >= 15 is 0 Å². The van der Waals surface area contributed by atoms with Gasteiger partial charge in [-0.1, -0.05) is 34.6 Å². The maximum absolute atomic E-state index is 10.4. The summed E-state index contributed by atoms with van der Waals surface area (Å²) in [5, 5.41) is 28.8. The molecule has 0 aromatic carbocycles. The van der Waals surface area contributed by atoms with Crippen LogP contribution in [0.2, 0.25) is 0 Å². The van der Waals surface area contributed by atoms with Gasteiger partial charge in [0.1, 0.15) is 5.78 Å². The van der Waals surface area contributed by atoms with Crippen LogP contribution in [0.4, 0.5) is 0 Å². The predicted octanol–water partition coefficient (Wildman–Crippen LogP) is -0.997. The molecule has 0 N–H and O–H groups in total. The van der Waals surface area contributed by atoms with Crippen molar-refractivity contribution in [1.29, 1.82) is 0 Å². The molecule has 0 amide bonds. The fraction of sp³-hybridized carbons (Fsp3) is 0.833. The van der Waals surface area contributed by atoms with E-state index in [0.717, 1.165) is 0 Å². The van der Waals surface area contributed by atoms with Gasteiger partial charge in [-0.25, -0.2) is 0 Å². The van der Waals surface area contributed by atoms with Crippen molar-refractivity contribution in [1.82, 2.24) is 0 Å². The van der Waals surface area contributed by atoms with E-state index in [1.165, 1.54) is 0 Å². The molecular weight excluding hydrogens is 272 g/mol. The Balaban J connectivity index is -0.0000000922. The Hall–Kier alpha value is -0.226. The summed E-state index contributed by atoms with van der Waals surface area (Å²) >= 11 is 0. The number of carbonyl (C=O) groups excluding carboxylic acids is 2. The van der Waals surface area contributed by atoms with E-state index < -0.39 is 24.6 Å². The van der Waals surface area contributed by atoms with Crippen LogP contribution in [0.3, 0.4) is 0 Å². The molecule has 18 heavy (non-hydrogen) atoms. The topological polar surface area (TPSA) is 103 Å². The van der Waals surface area contributed by atoms with Crippen LogP contribution in [-0.2, 0) is 31.3 Å². The molecule has 0 saturated heterocycles. The summed E-state index contributed by atoms with van der Waals surface area (Å²) in [4.78, 5) is 20.2.